The zero-order valence-corrected chi connectivity index (χ0v) is 18.9. The van der Waals surface area contributed by atoms with Crippen LogP contribution in [0, 0.1) is 13.8 Å². The Balaban J connectivity index is 1.30. The summed E-state index contributed by atoms with van der Waals surface area (Å²) >= 11 is 6.01. The standard InChI is InChI=1S/C26H21ClN4O2/c1-16-13-19(17(2)31(16)21-11-9-20(27)10-12-21)14-28-29-24(32)15-30-23-8-4-6-18-5-3-7-22(25(18)23)26(30)33/h3-14H,15H2,1-2H3,(H,29,32)/b28-14+. The smallest absolute Gasteiger partial charge is 0.260 e. The number of amides is 2. The van der Waals surface area contributed by atoms with Gasteiger partial charge in [-0.05, 0) is 61.7 Å². The Labute approximate surface area is 196 Å². The summed E-state index contributed by atoms with van der Waals surface area (Å²) in [6, 6.07) is 20.9. The third-order valence-corrected chi connectivity index (χ3v) is 6.15. The van der Waals surface area contributed by atoms with E-state index < -0.39 is 0 Å². The van der Waals surface area contributed by atoms with E-state index in [1.807, 2.05) is 74.5 Å². The first-order valence-corrected chi connectivity index (χ1v) is 10.9. The zero-order valence-electron chi connectivity index (χ0n) is 18.2. The van der Waals surface area contributed by atoms with Gasteiger partial charge in [-0.25, -0.2) is 5.43 Å². The Kier molecular flexibility index (Phi) is 5.23. The van der Waals surface area contributed by atoms with Gasteiger partial charge in [0, 0.05) is 38.6 Å². The lowest BCUT2D eigenvalue weighted by Crippen LogP contribution is -2.37. The minimum absolute atomic E-state index is 0.103. The number of nitrogens with zero attached hydrogens (tertiary/aromatic N) is 3. The van der Waals surface area contributed by atoms with E-state index in [9.17, 15) is 9.59 Å². The van der Waals surface area contributed by atoms with Gasteiger partial charge in [-0.15, -0.1) is 0 Å². The van der Waals surface area contributed by atoms with Crippen LogP contribution in [0.1, 0.15) is 27.3 Å². The van der Waals surface area contributed by atoms with Gasteiger partial charge < -0.3 is 4.57 Å². The lowest BCUT2D eigenvalue weighted by Gasteiger charge is -2.16. The molecule has 1 N–H and O–H groups in total. The molecule has 5 rings (SSSR count). The van der Waals surface area contributed by atoms with Crippen LogP contribution in [-0.2, 0) is 4.79 Å². The van der Waals surface area contributed by atoms with Gasteiger partial charge in [-0.3, -0.25) is 14.5 Å². The van der Waals surface area contributed by atoms with Crippen molar-refractivity contribution in [2.45, 2.75) is 13.8 Å². The van der Waals surface area contributed by atoms with E-state index >= 15 is 0 Å². The summed E-state index contributed by atoms with van der Waals surface area (Å²) in [5.74, 6) is -0.539. The number of carbonyl (C=O) groups excluding carboxylic acids is 2. The summed E-state index contributed by atoms with van der Waals surface area (Å²) in [7, 11) is 0. The van der Waals surface area contributed by atoms with E-state index in [0.29, 0.717) is 10.6 Å². The van der Waals surface area contributed by atoms with E-state index in [4.69, 9.17) is 11.6 Å². The molecule has 3 aromatic carbocycles. The highest BCUT2D eigenvalue weighted by molar-refractivity contribution is 6.30. The Morgan fingerprint density at radius 2 is 1.79 bits per heavy atom. The second-order valence-electron chi connectivity index (χ2n) is 8.00. The van der Waals surface area contributed by atoms with Crippen LogP contribution in [0.15, 0.2) is 71.8 Å². The Hall–Kier alpha value is -3.90. The Morgan fingerprint density at radius 1 is 1.06 bits per heavy atom. The Morgan fingerprint density at radius 3 is 2.55 bits per heavy atom. The summed E-state index contributed by atoms with van der Waals surface area (Å²) in [6.45, 7) is 3.90. The monoisotopic (exact) mass is 456 g/mol. The average Bonchev–Trinajstić information content (AvgIpc) is 3.24. The number of carbonyl (C=O) groups is 2. The lowest BCUT2D eigenvalue weighted by atomic mass is 10.1. The molecule has 1 aliphatic heterocycles. The van der Waals surface area contributed by atoms with E-state index in [2.05, 4.69) is 15.1 Å². The van der Waals surface area contributed by atoms with E-state index in [1.54, 1.807) is 12.3 Å². The average molecular weight is 457 g/mol. The molecule has 33 heavy (non-hydrogen) atoms. The number of aryl methyl sites for hydroxylation is 1. The molecule has 0 fully saturated rings. The number of nitrogens with one attached hydrogen (secondary N) is 1. The summed E-state index contributed by atoms with van der Waals surface area (Å²) in [6.07, 6.45) is 1.62. The molecule has 4 aromatic rings. The number of benzene rings is 3. The molecule has 0 unspecified atom stereocenters. The second-order valence-corrected chi connectivity index (χ2v) is 8.44. The van der Waals surface area contributed by atoms with Gasteiger partial charge in [0.15, 0.2) is 0 Å². The van der Waals surface area contributed by atoms with Crippen molar-refractivity contribution in [3.8, 4) is 5.69 Å². The minimum atomic E-state index is -0.365. The van der Waals surface area contributed by atoms with Crippen LogP contribution in [0.3, 0.4) is 0 Å². The normalized spacial score (nSPS) is 12.8. The highest BCUT2D eigenvalue weighted by Gasteiger charge is 2.30. The number of aromatic nitrogens is 1. The zero-order chi connectivity index (χ0) is 23.1. The first-order valence-electron chi connectivity index (χ1n) is 10.5. The number of anilines is 1. The summed E-state index contributed by atoms with van der Waals surface area (Å²) < 4.78 is 2.10. The highest BCUT2D eigenvalue weighted by atomic mass is 35.5. The molecular formula is C26H21ClN4O2. The van der Waals surface area contributed by atoms with Crippen molar-refractivity contribution in [2.24, 2.45) is 5.10 Å². The molecule has 0 atom stereocenters. The van der Waals surface area contributed by atoms with Crippen molar-refractivity contribution < 1.29 is 9.59 Å². The molecule has 0 saturated heterocycles. The van der Waals surface area contributed by atoms with Gasteiger partial charge in [0.25, 0.3) is 11.8 Å². The number of hydrogen-bond donors (Lipinski definition) is 1. The van der Waals surface area contributed by atoms with Crippen molar-refractivity contribution in [2.75, 3.05) is 11.4 Å². The molecular weight excluding hydrogens is 436 g/mol. The lowest BCUT2D eigenvalue weighted by molar-refractivity contribution is -0.119. The fourth-order valence-corrected chi connectivity index (χ4v) is 4.52. The van der Waals surface area contributed by atoms with Gasteiger partial charge >= 0.3 is 0 Å². The van der Waals surface area contributed by atoms with E-state index in [1.165, 1.54) is 4.90 Å². The fraction of sp³-hybridized carbons (Fsp3) is 0.115. The van der Waals surface area contributed by atoms with Crippen LogP contribution in [0.4, 0.5) is 5.69 Å². The molecule has 0 bridgehead atoms. The predicted octanol–water partition coefficient (Wildman–Crippen LogP) is 5.01. The van der Waals surface area contributed by atoms with Crippen LogP contribution in [0.25, 0.3) is 16.5 Å². The number of halogens is 1. The highest BCUT2D eigenvalue weighted by Crippen LogP contribution is 2.36. The molecule has 0 spiro atoms. The number of rotatable bonds is 5. The number of hydrogen-bond acceptors (Lipinski definition) is 3. The molecule has 0 saturated carbocycles. The van der Waals surface area contributed by atoms with Gasteiger partial charge in [0.1, 0.15) is 6.54 Å². The maximum absolute atomic E-state index is 12.8. The third-order valence-electron chi connectivity index (χ3n) is 5.90. The third kappa shape index (κ3) is 3.68. The molecule has 0 radical (unpaired) electrons. The molecule has 0 aliphatic carbocycles. The van der Waals surface area contributed by atoms with Crippen LogP contribution in [0.5, 0.6) is 0 Å². The van der Waals surface area contributed by atoms with Crippen LogP contribution >= 0.6 is 11.6 Å². The molecule has 164 valence electrons. The first kappa shape index (κ1) is 21.0. The quantitative estimate of drug-likeness (QED) is 0.339. The van der Waals surface area contributed by atoms with Crippen LogP contribution in [0.2, 0.25) is 5.02 Å². The maximum atomic E-state index is 12.8. The first-order chi connectivity index (χ1) is 15.9. The van der Waals surface area contributed by atoms with E-state index in [0.717, 1.165) is 39.1 Å². The summed E-state index contributed by atoms with van der Waals surface area (Å²) in [4.78, 5) is 26.9. The largest absolute Gasteiger partial charge is 0.318 e. The Bertz CT molecular complexity index is 1430. The topological polar surface area (TPSA) is 66.7 Å². The maximum Gasteiger partial charge on any atom is 0.260 e. The second kappa shape index (κ2) is 8.22. The molecule has 1 aromatic heterocycles. The van der Waals surface area contributed by atoms with E-state index in [-0.39, 0.29) is 18.4 Å². The van der Waals surface area contributed by atoms with Crippen molar-refractivity contribution in [3.63, 3.8) is 0 Å². The molecule has 7 heteroatoms. The van der Waals surface area contributed by atoms with Gasteiger partial charge in [0.05, 0.1) is 11.9 Å². The molecule has 2 amide bonds. The minimum Gasteiger partial charge on any atom is -0.318 e. The number of hydrazone groups is 1. The molecule has 2 heterocycles. The summed E-state index contributed by atoms with van der Waals surface area (Å²) in [5.41, 5.74) is 7.83. The van der Waals surface area contributed by atoms with Crippen molar-refractivity contribution in [3.05, 3.63) is 94.3 Å². The van der Waals surface area contributed by atoms with Gasteiger partial charge in [-0.1, -0.05) is 35.9 Å². The SMILES string of the molecule is Cc1cc(/C=N/NC(=O)CN2C(=O)c3cccc4cccc2c34)c(C)n1-c1ccc(Cl)cc1. The van der Waals surface area contributed by atoms with Gasteiger partial charge in [0.2, 0.25) is 0 Å². The molecule has 6 nitrogen and oxygen atoms in total. The van der Waals surface area contributed by atoms with Crippen molar-refractivity contribution in [1.29, 1.82) is 0 Å². The van der Waals surface area contributed by atoms with Crippen LogP contribution in [-0.4, -0.2) is 29.1 Å². The summed E-state index contributed by atoms with van der Waals surface area (Å²) in [5, 5.41) is 6.68. The van der Waals surface area contributed by atoms with Crippen LogP contribution < -0.4 is 10.3 Å². The molecule has 1 aliphatic rings. The fourth-order valence-electron chi connectivity index (χ4n) is 4.39. The van der Waals surface area contributed by atoms with Crippen molar-refractivity contribution in [1.82, 2.24) is 9.99 Å². The van der Waals surface area contributed by atoms with Gasteiger partial charge in [-0.2, -0.15) is 5.10 Å². The van der Waals surface area contributed by atoms with Crippen molar-refractivity contribution >= 4 is 46.1 Å². The predicted molar refractivity (Wildman–Crippen MR) is 132 cm³/mol.